The first-order valence-corrected chi connectivity index (χ1v) is 7.00. The maximum absolute atomic E-state index is 13.6. The number of ether oxygens (including phenoxy) is 2. The topological polar surface area (TPSA) is 47.6 Å². The third kappa shape index (κ3) is 4.32. The number of hydrogen-bond donors (Lipinski definition) is 1. The number of amides is 1. The number of anilines is 1. The Morgan fingerprint density at radius 2 is 1.91 bits per heavy atom. The number of carbonyl (C=O) groups is 1. The molecule has 0 radical (unpaired) electrons. The molecule has 0 aliphatic carbocycles. The molecule has 5 heteroatoms. The second-order valence-electron chi connectivity index (χ2n) is 4.91. The first kappa shape index (κ1) is 16.5. The second-order valence-corrected chi connectivity index (χ2v) is 4.91. The van der Waals surface area contributed by atoms with Gasteiger partial charge in [0.15, 0.2) is 0 Å². The standard InChI is InChI=1S/C18H18FNO3/c1-12-4-8-15(19)16(10-12)20-18(21)9-6-13-5-7-14(22-2)11-17(13)23-3/h4-11H,1-3H3,(H,20,21)/b9-6+. The Bertz CT molecular complexity index is 741. The van der Waals surface area contributed by atoms with E-state index in [0.717, 1.165) is 5.56 Å². The van der Waals surface area contributed by atoms with Gasteiger partial charge in [0.1, 0.15) is 17.3 Å². The van der Waals surface area contributed by atoms with E-state index in [1.54, 1.807) is 43.5 Å². The zero-order valence-corrected chi connectivity index (χ0v) is 13.2. The fourth-order valence-corrected chi connectivity index (χ4v) is 2.03. The molecule has 0 unspecified atom stereocenters. The van der Waals surface area contributed by atoms with Crippen molar-refractivity contribution in [3.05, 3.63) is 59.4 Å². The van der Waals surface area contributed by atoms with Crippen molar-refractivity contribution in [2.45, 2.75) is 6.92 Å². The number of carbonyl (C=O) groups excluding carboxylic acids is 1. The van der Waals surface area contributed by atoms with Gasteiger partial charge < -0.3 is 14.8 Å². The Balaban J connectivity index is 2.13. The summed E-state index contributed by atoms with van der Waals surface area (Å²) < 4.78 is 24.0. The maximum Gasteiger partial charge on any atom is 0.248 e. The van der Waals surface area contributed by atoms with Gasteiger partial charge in [0.05, 0.1) is 19.9 Å². The summed E-state index contributed by atoms with van der Waals surface area (Å²) in [5, 5.41) is 2.52. The molecule has 120 valence electrons. The fraction of sp³-hybridized carbons (Fsp3) is 0.167. The smallest absolute Gasteiger partial charge is 0.248 e. The van der Waals surface area contributed by atoms with E-state index < -0.39 is 11.7 Å². The molecular formula is C18H18FNO3. The van der Waals surface area contributed by atoms with E-state index in [2.05, 4.69) is 5.32 Å². The van der Waals surface area contributed by atoms with Crippen molar-refractivity contribution in [3.63, 3.8) is 0 Å². The molecule has 0 atom stereocenters. The van der Waals surface area contributed by atoms with Gasteiger partial charge in [0.2, 0.25) is 5.91 Å². The molecule has 0 bridgehead atoms. The van der Waals surface area contributed by atoms with Crippen LogP contribution in [0.25, 0.3) is 6.08 Å². The molecule has 0 saturated carbocycles. The first-order chi connectivity index (χ1) is 11.0. The zero-order valence-electron chi connectivity index (χ0n) is 13.2. The lowest BCUT2D eigenvalue weighted by Gasteiger charge is -2.07. The van der Waals surface area contributed by atoms with Gasteiger partial charge in [-0.3, -0.25) is 4.79 Å². The Morgan fingerprint density at radius 1 is 1.13 bits per heavy atom. The Labute approximate surface area is 134 Å². The number of methoxy groups -OCH3 is 2. The lowest BCUT2D eigenvalue weighted by atomic mass is 10.1. The van der Waals surface area contributed by atoms with Gasteiger partial charge in [0.25, 0.3) is 0 Å². The predicted molar refractivity (Wildman–Crippen MR) is 88.3 cm³/mol. The van der Waals surface area contributed by atoms with Crippen LogP contribution in [0.3, 0.4) is 0 Å². The number of nitrogens with one attached hydrogen (secondary N) is 1. The average molecular weight is 315 g/mol. The van der Waals surface area contributed by atoms with Gasteiger partial charge >= 0.3 is 0 Å². The minimum atomic E-state index is -0.473. The van der Waals surface area contributed by atoms with Crippen LogP contribution in [0.4, 0.5) is 10.1 Å². The highest BCUT2D eigenvalue weighted by Gasteiger charge is 2.06. The number of rotatable bonds is 5. The van der Waals surface area contributed by atoms with Crippen LogP contribution in [-0.2, 0) is 4.79 Å². The molecule has 0 heterocycles. The number of benzene rings is 2. The molecule has 0 aliphatic heterocycles. The predicted octanol–water partition coefficient (Wildman–Crippen LogP) is 3.80. The third-order valence-electron chi connectivity index (χ3n) is 3.23. The van der Waals surface area contributed by atoms with Gasteiger partial charge in [0, 0.05) is 17.7 Å². The third-order valence-corrected chi connectivity index (χ3v) is 3.23. The summed E-state index contributed by atoms with van der Waals surface area (Å²) in [5.74, 6) is 0.340. The van der Waals surface area contributed by atoms with Crippen molar-refractivity contribution >= 4 is 17.7 Å². The molecule has 2 aromatic rings. The Hall–Kier alpha value is -2.82. The van der Waals surface area contributed by atoms with E-state index in [-0.39, 0.29) is 5.69 Å². The normalized spacial score (nSPS) is 10.6. The summed E-state index contributed by atoms with van der Waals surface area (Å²) in [7, 11) is 3.10. The van der Waals surface area contributed by atoms with Crippen LogP contribution in [0.2, 0.25) is 0 Å². The summed E-state index contributed by atoms with van der Waals surface area (Å²) in [6, 6.07) is 9.80. The van der Waals surface area contributed by atoms with E-state index >= 15 is 0 Å². The minimum Gasteiger partial charge on any atom is -0.497 e. The van der Waals surface area contributed by atoms with E-state index in [1.807, 2.05) is 6.92 Å². The van der Waals surface area contributed by atoms with Crippen LogP contribution in [0.1, 0.15) is 11.1 Å². The van der Waals surface area contributed by atoms with Crippen molar-refractivity contribution in [2.24, 2.45) is 0 Å². The zero-order chi connectivity index (χ0) is 16.8. The van der Waals surface area contributed by atoms with Crippen LogP contribution in [0, 0.1) is 12.7 Å². The fourth-order valence-electron chi connectivity index (χ4n) is 2.03. The largest absolute Gasteiger partial charge is 0.497 e. The molecule has 0 fully saturated rings. The molecule has 0 aliphatic rings. The second kappa shape index (κ2) is 7.45. The van der Waals surface area contributed by atoms with E-state index in [9.17, 15) is 9.18 Å². The summed E-state index contributed by atoms with van der Waals surface area (Å²) in [6.07, 6.45) is 2.92. The average Bonchev–Trinajstić information content (AvgIpc) is 2.56. The Morgan fingerprint density at radius 3 is 2.61 bits per heavy atom. The minimum absolute atomic E-state index is 0.154. The highest BCUT2D eigenvalue weighted by Crippen LogP contribution is 2.25. The van der Waals surface area contributed by atoms with Crippen LogP contribution in [0.15, 0.2) is 42.5 Å². The summed E-state index contributed by atoms with van der Waals surface area (Å²) in [6.45, 7) is 1.83. The van der Waals surface area contributed by atoms with Crippen molar-refractivity contribution in [2.75, 3.05) is 19.5 Å². The van der Waals surface area contributed by atoms with Gasteiger partial charge in [-0.2, -0.15) is 0 Å². The van der Waals surface area contributed by atoms with Gasteiger partial charge in [-0.1, -0.05) is 6.07 Å². The molecule has 2 aromatic carbocycles. The van der Waals surface area contributed by atoms with Crippen molar-refractivity contribution in [1.82, 2.24) is 0 Å². The highest BCUT2D eigenvalue weighted by atomic mass is 19.1. The molecule has 4 nitrogen and oxygen atoms in total. The molecule has 1 N–H and O–H groups in total. The monoisotopic (exact) mass is 315 g/mol. The van der Waals surface area contributed by atoms with Crippen LogP contribution in [0.5, 0.6) is 11.5 Å². The Kier molecular flexibility index (Phi) is 5.36. The summed E-state index contributed by atoms with van der Waals surface area (Å²) >= 11 is 0. The molecule has 0 saturated heterocycles. The molecule has 2 rings (SSSR count). The van der Waals surface area contributed by atoms with E-state index in [0.29, 0.717) is 17.1 Å². The molecule has 23 heavy (non-hydrogen) atoms. The lowest BCUT2D eigenvalue weighted by molar-refractivity contribution is -0.111. The number of aryl methyl sites for hydroxylation is 1. The van der Waals surface area contributed by atoms with Crippen LogP contribution < -0.4 is 14.8 Å². The van der Waals surface area contributed by atoms with Gasteiger partial charge in [-0.05, 0) is 42.8 Å². The molecule has 1 amide bonds. The van der Waals surface area contributed by atoms with E-state index in [4.69, 9.17) is 9.47 Å². The maximum atomic E-state index is 13.6. The first-order valence-electron chi connectivity index (χ1n) is 7.00. The number of hydrogen-bond acceptors (Lipinski definition) is 3. The van der Waals surface area contributed by atoms with Gasteiger partial charge in [-0.15, -0.1) is 0 Å². The quantitative estimate of drug-likeness (QED) is 0.854. The van der Waals surface area contributed by atoms with Gasteiger partial charge in [-0.25, -0.2) is 4.39 Å². The lowest BCUT2D eigenvalue weighted by Crippen LogP contribution is -2.09. The number of halogens is 1. The van der Waals surface area contributed by atoms with Crippen molar-refractivity contribution in [3.8, 4) is 11.5 Å². The summed E-state index contributed by atoms with van der Waals surface area (Å²) in [4.78, 5) is 11.9. The van der Waals surface area contributed by atoms with E-state index in [1.165, 1.54) is 19.3 Å². The molecule has 0 spiro atoms. The SMILES string of the molecule is COc1ccc(/C=C/C(=O)Nc2cc(C)ccc2F)c(OC)c1. The van der Waals surface area contributed by atoms with Crippen LogP contribution >= 0.6 is 0 Å². The van der Waals surface area contributed by atoms with Crippen molar-refractivity contribution < 1.29 is 18.7 Å². The molecular weight excluding hydrogens is 297 g/mol. The highest BCUT2D eigenvalue weighted by molar-refractivity contribution is 6.02. The molecule has 0 aromatic heterocycles. The van der Waals surface area contributed by atoms with Crippen LogP contribution in [-0.4, -0.2) is 20.1 Å². The summed E-state index contributed by atoms with van der Waals surface area (Å²) in [5.41, 5.74) is 1.73. The van der Waals surface area contributed by atoms with Crippen molar-refractivity contribution in [1.29, 1.82) is 0 Å².